The van der Waals surface area contributed by atoms with Crippen LogP contribution in [0, 0.1) is 0 Å². The Bertz CT molecular complexity index is 591. The lowest BCUT2D eigenvalue weighted by atomic mass is 9.78. The van der Waals surface area contributed by atoms with E-state index in [4.69, 9.17) is 27.9 Å². The number of carbonyl (C=O) groups excluding carboxylic acids is 2. The van der Waals surface area contributed by atoms with Crippen LogP contribution < -0.4 is 18.1 Å². The molecule has 0 saturated heterocycles. The summed E-state index contributed by atoms with van der Waals surface area (Å²) < 4.78 is 4.98. The second-order valence-corrected chi connectivity index (χ2v) is 5.94. The Morgan fingerprint density at radius 2 is 1.95 bits per heavy atom. The van der Waals surface area contributed by atoms with Crippen LogP contribution in [0.15, 0.2) is 12.1 Å². The fraction of sp³-hybridized carbons (Fsp3) is 0.429. The summed E-state index contributed by atoms with van der Waals surface area (Å²) >= 11 is 12.0. The van der Waals surface area contributed by atoms with Crippen molar-refractivity contribution in [2.75, 3.05) is 6.61 Å². The Morgan fingerprint density at radius 3 is 2.52 bits per heavy atom. The first-order valence-corrected chi connectivity index (χ1v) is 7.09. The minimum absolute atomic E-state index is 0. The molecule has 1 aliphatic rings. The Kier molecular flexibility index (Phi) is 5.67. The molecule has 0 fully saturated rings. The number of quaternary nitrogens is 1. The molecular weight excluding hydrogens is 337 g/mol. The number of esters is 1. The lowest BCUT2D eigenvalue weighted by molar-refractivity contribution is -0.412. The van der Waals surface area contributed by atoms with Gasteiger partial charge < -0.3 is 22.9 Å². The molecule has 116 valence electrons. The highest BCUT2D eigenvalue weighted by atomic mass is 35.5. The smallest absolute Gasteiger partial charge is 0.306 e. The van der Waals surface area contributed by atoms with Crippen molar-refractivity contribution in [1.82, 2.24) is 0 Å². The van der Waals surface area contributed by atoms with Gasteiger partial charge in [-0.25, -0.2) is 0 Å². The van der Waals surface area contributed by atoms with Crippen molar-refractivity contribution in [3.05, 3.63) is 33.3 Å². The molecule has 0 aliphatic heterocycles. The van der Waals surface area contributed by atoms with Gasteiger partial charge in [0, 0.05) is 5.56 Å². The predicted molar refractivity (Wildman–Crippen MR) is 76.1 cm³/mol. The van der Waals surface area contributed by atoms with Crippen LogP contribution in [0.5, 0.6) is 0 Å². The zero-order valence-electron chi connectivity index (χ0n) is 11.7. The van der Waals surface area contributed by atoms with Gasteiger partial charge in [-0.15, -0.1) is 0 Å². The summed E-state index contributed by atoms with van der Waals surface area (Å²) in [7, 11) is 0. The highest BCUT2D eigenvalue weighted by Crippen LogP contribution is 2.43. The second-order valence-electron chi connectivity index (χ2n) is 5.13. The number of carbonyl (C=O) groups is 2. The van der Waals surface area contributed by atoms with Gasteiger partial charge in [0.15, 0.2) is 6.04 Å². The summed E-state index contributed by atoms with van der Waals surface area (Å²) in [5.41, 5.74) is 4.40. The van der Waals surface area contributed by atoms with E-state index in [1.165, 1.54) is 0 Å². The third-order valence-corrected chi connectivity index (χ3v) is 4.57. The number of halogens is 3. The van der Waals surface area contributed by atoms with E-state index < -0.39 is 11.5 Å². The van der Waals surface area contributed by atoms with Gasteiger partial charge in [0.2, 0.25) is 5.78 Å². The van der Waals surface area contributed by atoms with Crippen LogP contribution in [0.2, 0.25) is 10.0 Å². The SMILES string of the molecule is CCOC(=O)CC1(C)c2cc(Cl)c(Cl)cc2C(=O)C1[NH3+].[Cl-]. The number of Topliss-reactive ketones (excluding diaryl/α,β-unsaturated/α-hetero) is 1. The Morgan fingerprint density at radius 1 is 1.38 bits per heavy atom. The number of hydrogen-bond acceptors (Lipinski definition) is 3. The summed E-state index contributed by atoms with van der Waals surface area (Å²) in [6.45, 7) is 3.88. The van der Waals surface area contributed by atoms with Gasteiger partial charge in [-0.3, -0.25) is 9.59 Å². The highest BCUT2D eigenvalue weighted by Gasteiger charge is 2.51. The minimum atomic E-state index is -0.715. The molecule has 0 amide bonds. The molecule has 2 unspecified atom stereocenters. The van der Waals surface area contributed by atoms with Crippen LogP contribution in [0.3, 0.4) is 0 Å². The van der Waals surface area contributed by atoms with E-state index in [1.807, 2.05) is 6.92 Å². The number of ether oxygens (including phenoxy) is 1. The molecule has 1 aliphatic carbocycles. The Labute approximate surface area is 139 Å². The molecule has 3 N–H and O–H groups in total. The third-order valence-electron chi connectivity index (χ3n) is 3.84. The molecule has 0 spiro atoms. The molecule has 1 aromatic rings. The van der Waals surface area contributed by atoms with Gasteiger partial charge in [-0.2, -0.15) is 0 Å². The van der Waals surface area contributed by atoms with Gasteiger partial charge in [-0.1, -0.05) is 23.2 Å². The number of rotatable bonds is 3. The monoisotopic (exact) mass is 351 g/mol. The standard InChI is InChI=1S/C14H15Cl2NO3.ClH/c1-3-20-11(18)6-14(2)8-5-10(16)9(15)4-7(8)12(19)13(14)17;/h4-5,13H,3,6,17H2,1-2H3;1H. The van der Waals surface area contributed by atoms with Crippen molar-refractivity contribution < 1.29 is 32.5 Å². The summed E-state index contributed by atoms with van der Waals surface area (Å²) in [6, 6.07) is 2.65. The highest BCUT2D eigenvalue weighted by molar-refractivity contribution is 6.42. The summed E-state index contributed by atoms with van der Waals surface area (Å²) in [5.74, 6) is -0.472. The van der Waals surface area contributed by atoms with E-state index in [0.717, 1.165) is 0 Å². The average molecular weight is 353 g/mol. The van der Waals surface area contributed by atoms with Crippen LogP contribution in [0.25, 0.3) is 0 Å². The third kappa shape index (κ3) is 3.04. The van der Waals surface area contributed by atoms with Crippen molar-refractivity contribution in [2.45, 2.75) is 31.7 Å². The van der Waals surface area contributed by atoms with Crippen molar-refractivity contribution in [2.24, 2.45) is 0 Å². The molecular formula is C14H16Cl3NO3. The average Bonchev–Trinajstić information content (AvgIpc) is 2.54. The van der Waals surface area contributed by atoms with E-state index in [2.05, 4.69) is 5.73 Å². The molecule has 7 heteroatoms. The molecule has 0 saturated carbocycles. The van der Waals surface area contributed by atoms with E-state index >= 15 is 0 Å². The van der Waals surface area contributed by atoms with Crippen LogP contribution in [0.4, 0.5) is 0 Å². The van der Waals surface area contributed by atoms with Crippen LogP contribution in [-0.2, 0) is 14.9 Å². The minimum Gasteiger partial charge on any atom is -1.00 e. The van der Waals surface area contributed by atoms with Gasteiger partial charge in [0.25, 0.3) is 0 Å². The van der Waals surface area contributed by atoms with Crippen molar-refractivity contribution in [3.8, 4) is 0 Å². The van der Waals surface area contributed by atoms with Gasteiger partial charge in [0.05, 0.1) is 28.5 Å². The van der Waals surface area contributed by atoms with E-state index in [9.17, 15) is 9.59 Å². The summed E-state index contributed by atoms with van der Waals surface area (Å²) in [4.78, 5) is 24.1. The molecule has 2 rings (SSSR count). The summed E-state index contributed by atoms with van der Waals surface area (Å²) in [5, 5.41) is 0.689. The second kappa shape index (κ2) is 6.53. The van der Waals surface area contributed by atoms with E-state index in [-0.39, 0.29) is 30.6 Å². The lowest BCUT2D eigenvalue weighted by Gasteiger charge is -2.25. The fourth-order valence-electron chi connectivity index (χ4n) is 2.62. The number of fused-ring (bicyclic) bond motifs is 1. The van der Waals surface area contributed by atoms with Gasteiger partial charge in [-0.05, 0) is 31.5 Å². The predicted octanol–water partition coefficient (Wildman–Crippen LogP) is -0.985. The first-order chi connectivity index (χ1) is 9.31. The Hall–Kier alpha value is -0.810. The number of hydrogen-bond donors (Lipinski definition) is 1. The maximum absolute atomic E-state index is 12.3. The largest absolute Gasteiger partial charge is 1.00 e. The van der Waals surface area contributed by atoms with Gasteiger partial charge >= 0.3 is 5.97 Å². The number of benzene rings is 1. The summed E-state index contributed by atoms with van der Waals surface area (Å²) in [6.07, 6.45) is 0.0890. The first kappa shape index (κ1) is 18.2. The molecule has 0 radical (unpaired) electrons. The maximum atomic E-state index is 12.3. The molecule has 0 aromatic heterocycles. The molecule has 0 bridgehead atoms. The normalized spacial score (nSPS) is 23.5. The topological polar surface area (TPSA) is 71.0 Å². The van der Waals surface area contributed by atoms with Crippen LogP contribution in [-0.4, -0.2) is 24.4 Å². The number of ketones is 1. The molecule has 1 aromatic carbocycles. The van der Waals surface area contributed by atoms with E-state index in [0.29, 0.717) is 27.8 Å². The van der Waals surface area contributed by atoms with Crippen molar-refractivity contribution in [3.63, 3.8) is 0 Å². The zero-order chi connectivity index (χ0) is 15.1. The molecule has 2 atom stereocenters. The Balaban J connectivity index is 0.00000220. The zero-order valence-corrected chi connectivity index (χ0v) is 14.0. The molecule has 0 heterocycles. The van der Waals surface area contributed by atoms with E-state index in [1.54, 1.807) is 19.1 Å². The van der Waals surface area contributed by atoms with Crippen molar-refractivity contribution in [1.29, 1.82) is 0 Å². The quantitative estimate of drug-likeness (QED) is 0.711. The fourth-order valence-corrected chi connectivity index (χ4v) is 2.95. The maximum Gasteiger partial charge on any atom is 0.306 e. The lowest BCUT2D eigenvalue weighted by Crippen LogP contribution is -3.00. The molecule has 21 heavy (non-hydrogen) atoms. The first-order valence-electron chi connectivity index (χ1n) is 6.33. The van der Waals surface area contributed by atoms with Crippen molar-refractivity contribution >= 4 is 35.0 Å². The molecule has 4 nitrogen and oxygen atoms in total. The van der Waals surface area contributed by atoms with Gasteiger partial charge in [0.1, 0.15) is 0 Å². The van der Waals surface area contributed by atoms with Crippen LogP contribution >= 0.6 is 23.2 Å². The van der Waals surface area contributed by atoms with Crippen LogP contribution in [0.1, 0.15) is 36.2 Å².